The van der Waals surface area contributed by atoms with Gasteiger partial charge in [-0.1, -0.05) is 18.2 Å². The lowest BCUT2D eigenvalue weighted by molar-refractivity contribution is -0.131. The van der Waals surface area contributed by atoms with E-state index in [4.69, 9.17) is 9.84 Å². The number of aliphatic carboxylic acids is 1. The Kier molecular flexibility index (Phi) is 5.33. The maximum Gasteiger partial charge on any atom is 0.328 e. The summed E-state index contributed by atoms with van der Waals surface area (Å²) in [5.41, 5.74) is 2.66. The lowest BCUT2D eigenvalue weighted by atomic mass is 9.89. The van der Waals surface area contributed by atoms with Crippen molar-refractivity contribution in [3.8, 4) is 11.5 Å². The van der Waals surface area contributed by atoms with Crippen LogP contribution in [0.3, 0.4) is 0 Å². The number of rotatable bonds is 6. The number of carboxylic acid groups (broad SMARTS) is 1. The molecule has 4 nitrogen and oxygen atoms in total. The number of ether oxygens (including phenoxy) is 1. The van der Waals surface area contributed by atoms with Crippen LogP contribution in [-0.2, 0) is 10.2 Å². The van der Waals surface area contributed by atoms with E-state index >= 15 is 0 Å². The third kappa shape index (κ3) is 4.07. The molecule has 2 aliphatic carbocycles. The van der Waals surface area contributed by atoms with Gasteiger partial charge in [0.05, 0.1) is 4.88 Å². The molecule has 2 aromatic carbocycles. The highest BCUT2D eigenvalue weighted by Crippen LogP contribution is 2.61. The molecular weight excluding hydrogens is 439 g/mol. The van der Waals surface area contributed by atoms with E-state index in [2.05, 4.69) is 0 Å². The molecule has 2 aliphatic rings. The van der Waals surface area contributed by atoms with Crippen molar-refractivity contribution in [2.75, 3.05) is 0 Å². The zero-order valence-corrected chi connectivity index (χ0v) is 18.9. The first-order valence-electron chi connectivity index (χ1n) is 10.8. The van der Waals surface area contributed by atoms with Gasteiger partial charge in [-0.2, -0.15) is 0 Å². The molecule has 1 saturated carbocycles. The fraction of sp³-hybridized carbons (Fsp3) is 0.222. The number of carboxylic acids is 1. The minimum atomic E-state index is -0.980. The number of aryl methyl sites for hydroxylation is 1. The molecule has 1 atom stereocenters. The second-order valence-electron chi connectivity index (χ2n) is 8.61. The summed E-state index contributed by atoms with van der Waals surface area (Å²) < 4.78 is 21.3. The normalized spacial score (nSPS) is 19.1. The molecular formula is C27H23FO4S. The number of aromatic hydroxyl groups is 1. The molecule has 33 heavy (non-hydrogen) atoms. The van der Waals surface area contributed by atoms with Gasteiger partial charge in [0, 0.05) is 28.0 Å². The Morgan fingerprint density at radius 2 is 2.06 bits per heavy atom. The first-order valence-corrected chi connectivity index (χ1v) is 11.7. The van der Waals surface area contributed by atoms with Crippen LogP contribution in [-0.4, -0.2) is 22.3 Å². The molecule has 1 fully saturated rings. The van der Waals surface area contributed by atoms with Crippen LogP contribution in [0.5, 0.6) is 11.5 Å². The Balaban J connectivity index is 1.52. The van der Waals surface area contributed by atoms with Gasteiger partial charge in [-0.15, -0.1) is 11.3 Å². The SMILES string of the molecule is Cc1cc(F)ccc1C1(c2sc3cc(O)ccc3c2OC2C=CC(/C=C/C(=O)O)=CC2)CC1. The monoisotopic (exact) mass is 462 g/mol. The van der Waals surface area contributed by atoms with Crippen LogP contribution in [0, 0.1) is 12.7 Å². The predicted octanol–water partition coefficient (Wildman–Crippen LogP) is 6.41. The third-order valence-corrected chi connectivity index (χ3v) is 7.63. The molecule has 1 heterocycles. The number of hydrogen-bond donors (Lipinski definition) is 2. The minimum Gasteiger partial charge on any atom is -0.508 e. The average molecular weight is 463 g/mol. The molecule has 0 radical (unpaired) electrons. The molecule has 168 valence electrons. The first-order chi connectivity index (χ1) is 15.9. The van der Waals surface area contributed by atoms with Gasteiger partial charge in [-0.25, -0.2) is 9.18 Å². The van der Waals surface area contributed by atoms with Gasteiger partial charge in [-0.05, 0) is 78.9 Å². The van der Waals surface area contributed by atoms with Crippen molar-refractivity contribution >= 4 is 27.4 Å². The predicted molar refractivity (Wildman–Crippen MR) is 128 cm³/mol. The standard InChI is InChI=1S/C27H23FO4S/c1-16-14-18(28)5-10-22(16)27(12-13-27)26-25(21-9-6-19(29)15-23(21)33-26)32-20-7-2-17(3-8-20)4-11-24(30)31/h2-7,9-11,14-15,20,29H,8,12-13H2,1H3,(H,30,31)/b11-4+. The highest BCUT2D eigenvalue weighted by Gasteiger charge is 2.50. The Bertz CT molecular complexity index is 1340. The summed E-state index contributed by atoms with van der Waals surface area (Å²) in [6.07, 6.45) is 10.8. The average Bonchev–Trinajstić information content (AvgIpc) is 3.50. The van der Waals surface area contributed by atoms with Crippen molar-refractivity contribution in [2.24, 2.45) is 0 Å². The topological polar surface area (TPSA) is 66.8 Å². The molecule has 0 amide bonds. The molecule has 2 N–H and O–H groups in total. The summed E-state index contributed by atoms with van der Waals surface area (Å²) in [6, 6.07) is 10.3. The highest BCUT2D eigenvalue weighted by atomic mass is 32.1. The van der Waals surface area contributed by atoms with Gasteiger partial charge in [0.1, 0.15) is 23.4 Å². The lowest BCUT2D eigenvalue weighted by Gasteiger charge is -2.22. The summed E-state index contributed by atoms with van der Waals surface area (Å²) in [7, 11) is 0. The maximum atomic E-state index is 13.8. The molecule has 0 spiro atoms. The Hall–Kier alpha value is -3.38. The fourth-order valence-corrected chi connectivity index (χ4v) is 5.98. The first kappa shape index (κ1) is 21.5. The summed E-state index contributed by atoms with van der Waals surface area (Å²) in [5, 5.41) is 19.8. The Morgan fingerprint density at radius 1 is 1.24 bits per heavy atom. The van der Waals surface area contributed by atoms with E-state index in [9.17, 15) is 14.3 Å². The van der Waals surface area contributed by atoms with E-state index in [1.54, 1.807) is 35.6 Å². The second-order valence-corrected chi connectivity index (χ2v) is 9.66. The Labute approximate surface area is 195 Å². The highest BCUT2D eigenvalue weighted by molar-refractivity contribution is 7.19. The number of thiophene rings is 1. The minimum absolute atomic E-state index is 0.192. The van der Waals surface area contributed by atoms with Crippen molar-refractivity contribution in [3.63, 3.8) is 0 Å². The molecule has 0 saturated heterocycles. The largest absolute Gasteiger partial charge is 0.508 e. The third-order valence-electron chi connectivity index (χ3n) is 6.29. The van der Waals surface area contributed by atoms with E-state index in [1.807, 2.05) is 37.3 Å². The van der Waals surface area contributed by atoms with Crippen molar-refractivity contribution in [1.82, 2.24) is 0 Å². The van der Waals surface area contributed by atoms with Crippen molar-refractivity contribution in [2.45, 2.75) is 37.7 Å². The number of hydrogen-bond acceptors (Lipinski definition) is 4. The molecule has 1 unspecified atom stereocenters. The Morgan fingerprint density at radius 3 is 2.73 bits per heavy atom. The fourth-order valence-electron chi connectivity index (χ4n) is 4.55. The molecule has 6 heteroatoms. The van der Waals surface area contributed by atoms with Gasteiger partial charge >= 0.3 is 5.97 Å². The van der Waals surface area contributed by atoms with Crippen LogP contribution in [0.25, 0.3) is 10.1 Å². The number of phenolic OH excluding ortho intramolecular Hbond substituents is 1. The van der Waals surface area contributed by atoms with E-state index in [0.717, 1.165) is 56.3 Å². The zero-order chi connectivity index (χ0) is 23.2. The van der Waals surface area contributed by atoms with Crippen LogP contribution >= 0.6 is 11.3 Å². The van der Waals surface area contributed by atoms with Crippen LogP contribution in [0.15, 0.2) is 72.4 Å². The lowest BCUT2D eigenvalue weighted by Crippen LogP contribution is -2.17. The van der Waals surface area contributed by atoms with Crippen LogP contribution in [0.4, 0.5) is 4.39 Å². The number of halogens is 1. The molecule has 0 bridgehead atoms. The van der Waals surface area contributed by atoms with Gasteiger partial charge in [-0.3, -0.25) is 0 Å². The maximum absolute atomic E-state index is 13.8. The van der Waals surface area contributed by atoms with Crippen molar-refractivity contribution in [1.29, 1.82) is 0 Å². The quantitative estimate of drug-likeness (QED) is 0.416. The second kappa shape index (κ2) is 8.19. The van der Waals surface area contributed by atoms with E-state index in [-0.39, 0.29) is 23.1 Å². The summed E-state index contributed by atoms with van der Waals surface area (Å²) in [4.78, 5) is 11.9. The van der Waals surface area contributed by atoms with Gasteiger partial charge in [0.15, 0.2) is 0 Å². The van der Waals surface area contributed by atoms with Crippen LogP contribution in [0.2, 0.25) is 0 Å². The van der Waals surface area contributed by atoms with E-state index in [1.165, 1.54) is 6.07 Å². The number of fused-ring (bicyclic) bond motifs is 1. The van der Waals surface area contributed by atoms with Crippen LogP contribution < -0.4 is 4.74 Å². The van der Waals surface area contributed by atoms with Gasteiger partial charge < -0.3 is 14.9 Å². The van der Waals surface area contributed by atoms with Crippen LogP contribution in [0.1, 0.15) is 35.3 Å². The molecule has 3 aromatic rings. The molecule has 0 aliphatic heterocycles. The number of phenols is 1. The van der Waals surface area contributed by atoms with Gasteiger partial charge in [0.2, 0.25) is 0 Å². The molecule has 1 aromatic heterocycles. The summed E-state index contributed by atoms with van der Waals surface area (Å²) in [5.74, 6) is -0.202. The van der Waals surface area contributed by atoms with E-state index < -0.39 is 5.97 Å². The summed E-state index contributed by atoms with van der Waals surface area (Å²) in [6.45, 7) is 1.94. The smallest absolute Gasteiger partial charge is 0.328 e. The van der Waals surface area contributed by atoms with Crippen molar-refractivity contribution in [3.05, 3.63) is 94.2 Å². The number of allylic oxidation sites excluding steroid dienone is 3. The van der Waals surface area contributed by atoms with Crippen molar-refractivity contribution < 1.29 is 24.1 Å². The van der Waals surface area contributed by atoms with Gasteiger partial charge in [0.25, 0.3) is 0 Å². The molecule has 5 rings (SSSR count). The number of carbonyl (C=O) groups is 1. The van der Waals surface area contributed by atoms with E-state index in [0.29, 0.717) is 6.42 Å². The summed E-state index contributed by atoms with van der Waals surface area (Å²) >= 11 is 1.62. The zero-order valence-electron chi connectivity index (χ0n) is 18.0. The number of benzene rings is 2.